The Bertz CT molecular complexity index is 364. The Morgan fingerprint density at radius 1 is 1.40 bits per heavy atom. The first-order chi connectivity index (χ1) is 9.54. The van der Waals surface area contributed by atoms with Gasteiger partial charge in [-0.05, 0) is 18.8 Å². The molecular weight excluding hydrogens is 256 g/mol. The van der Waals surface area contributed by atoms with Crippen LogP contribution in [0.3, 0.4) is 0 Å². The quantitative estimate of drug-likeness (QED) is 0.823. The van der Waals surface area contributed by atoms with E-state index in [1.807, 2.05) is 25.7 Å². The summed E-state index contributed by atoms with van der Waals surface area (Å²) in [5, 5.41) is 2.89. The highest BCUT2D eigenvalue weighted by Crippen LogP contribution is 2.23. The van der Waals surface area contributed by atoms with Crippen LogP contribution in [0.1, 0.15) is 40.0 Å². The summed E-state index contributed by atoms with van der Waals surface area (Å²) in [5.74, 6) is 0.575. The Morgan fingerprint density at radius 2 is 2.15 bits per heavy atom. The van der Waals surface area contributed by atoms with Crippen molar-refractivity contribution in [1.29, 1.82) is 0 Å². The number of carbonyl (C=O) groups is 2. The molecule has 2 heterocycles. The molecule has 2 aliphatic rings. The molecule has 3 atom stereocenters. The molecule has 20 heavy (non-hydrogen) atoms. The third-order valence-corrected chi connectivity index (χ3v) is 4.19. The minimum absolute atomic E-state index is 0.00281. The summed E-state index contributed by atoms with van der Waals surface area (Å²) in [5.41, 5.74) is 0. The third kappa shape index (κ3) is 3.14. The molecule has 0 bridgehead atoms. The Hall–Kier alpha value is -1.10. The second kappa shape index (κ2) is 6.57. The lowest BCUT2D eigenvalue weighted by molar-refractivity contribution is -0.152. The molecule has 0 radical (unpaired) electrons. The van der Waals surface area contributed by atoms with Gasteiger partial charge in [0.1, 0.15) is 12.1 Å². The van der Waals surface area contributed by atoms with E-state index in [-0.39, 0.29) is 29.8 Å². The smallest absolute Gasteiger partial charge is 0.245 e. The number of hydrogen-bond acceptors (Lipinski definition) is 3. The van der Waals surface area contributed by atoms with Crippen LogP contribution >= 0.6 is 0 Å². The molecule has 2 aliphatic heterocycles. The second-order valence-corrected chi connectivity index (χ2v) is 6.26. The van der Waals surface area contributed by atoms with Crippen molar-refractivity contribution in [3.05, 3.63) is 0 Å². The molecular formula is C15H26N2O3. The van der Waals surface area contributed by atoms with E-state index in [4.69, 9.17) is 4.74 Å². The number of carbonyl (C=O) groups excluding carboxylic acids is 2. The number of nitrogens with zero attached hydrogens (tertiary/aromatic N) is 1. The number of ether oxygens (including phenoxy) is 1. The maximum atomic E-state index is 12.6. The lowest BCUT2D eigenvalue weighted by Gasteiger charge is -2.41. The summed E-state index contributed by atoms with van der Waals surface area (Å²) in [4.78, 5) is 26.8. The monoisotopic (exact) mass is 282 g/mol. The van der Waals surface area contributed by atoms with Crippen LogP contribution in [0, 0.1) is 11.8 Å². The minimum Gasteiger partial charge on any atom is -0.381 e. The fraction of sp³-hybridized carbons (Fsp3) is 0.867. The highest BCUT2D eigenvalue weighted by Gasteiger charge is 2.42. The Kier molecular flexibility index (Phi) is 5.02. The van der Waals surface area contributed by atoms with Gasteiger partial charge in [-0.2, -0.15) is 0 Å². The zero-order chi connectivity index (χ0) is 14.7. The normalized spacial score (nSPS) is 31.0. The van der Waals surface area contributed by atoms with E-state index >= 15 is 0 Å². The molecule has 114 valence electrons. The van der Waals surface area contributed by atoms with Gasteiger partial charge in [-0.25, -0.2) is 0 Å². The van der Waals surface area contributed by atoms with Gasteiger partial charge in [-0.1, -0.05) is 27.2 Å². The van der Waals surface area contributed by atoms with Crippen LogP contribution < -0.4 is 5.32 Å². The lowest BCUT2D eigenvalue weighted by Crippen LogP contribution is -2.65. The largest absolute Gasteiger partial charge is 0.381 e. The fourth-order valence-corrected chi connectivity index (χ4v) is 3.15. The first kappa shape index (κ1) is 15.3. The van der Waals surface area contributed by atoms with Crippen molar-refractivity contribution >= 4 is 11.8 Å². The van der Waals surface area contributed by atoms with Crippen LogP contribution in [-0.2, 0) is 14.3 Å². The van der Waals surface area contributed by atoms with E-state index in [9.17, 15) is 9.59 Å². The average molecular weight is 282 g/mol. The van der Waals surface area contributed by atoms with Gasteiger partial charge in [-0.15, -0.1) is 0 Å². The molecule has 0 saturated carbocycles. The Morgan fingerprint density at radius 3 is 2.70 bits per heavy atom. The summed E-state index contributed by atoms with van der Waals surface area (Å²) in [7, 11) is 0. The van der Waals surface area contributed by atoms with Gasteiger partial charge in [0.05, 0.1) is 6.61 Å². The van der Waals surface area contributed by atoms with Crippen LogP contribution in [0.5, 0.6) is 0 Å². The topological polar surface area (TPSA) is 58.6 Å². The van der Waals surface area contributed by atoms with Crippen molar-refractivity contribution in [2.24, 2.45) is 11.8 Å². The van der Waals surface area contributed by atoms with Crippen molar-refractivity contribution in [2.45, 2.75) is 52.1 Å². The summed E-state index contributed by atoms with van der Waals surface area (Å²) >= 11 is 0. The molecule has 0 aliphatic carbocycles. The SMILES string of the molecule is CCCC1NC(=O)C(C(C)C)N(CC2CCOC2)C1=O. The molecule has 5 nitrogen and oxygen atoms in total. The first-order valence-corrected chi connectivity index (χ1v) is 7.73. The van der Waals surface area contributed by atoms with Gasteiger partial charge >= 0.3 is 0 Å². The van der Waals surface area contributed by atoms with Gasteiger partial charge < -0.3 is 15.0 Å². The number of rotatable bonds is 5. The van der Waals surface area contributed by atoms with Crippen molar-refractivity contribution in [2.75, 3.05) is 19.8 Å². The molecule has 2 fully saturated rings. The number of amides is 2. The van der Waals surface area contributed by atoms with E-state index in [0.29, 0.717) is 25.5 Å². The van der Waals surface area contributed by atoms with E-state index < -0.39 is 0 Å². The molecule has 2 rings (SSSR count). The highest BCUT2D eigenvalue weighted by atomic mass is 16.5. The van der Waals surface area contributed by atoms with Crippen molar-refractivity contribution in [3.8, 4) is 0 Å². The Labute approximate surface area is 121 Å². The van der Waals surface area contributed by atoms with Gasteiger partial charge in [0, 0.05) is 19.1 Å². The van der Waals surface area contributed by atoms with Crippen LogP contribution in [0.25, 0.3) is 0 Å². The van der Waals surface area contributed by atoms with E-state index in [0.717, 1.165) is 19.4 Å². The summed E-state index contributed by atoms with van der Waals surface area (Å²) < 4.78 is 5.39. The maximum Gasteiger partial charge on any atom is 0.245 e. The van der Waals surface area contributed by atoms with Crippen molar-refractivity contribution in [3.63, 3.8) is 0 Å². The number of nitrogens with one attached hydrogen (secondary N) is 1. The van der Waals surface area contributed by atoms with Crippen molar-refractivity contribution < 1.29 is 14.3 Å². The first-order valence-electron chi connectivity index (χ1n) is 7.73. The molecule has 0 aromatic carbocycles. The van der Waals surface area contributed by atoms with E-state index in [1.54, 1.807) is 0 Å². The second-order valence-electron chi connectivity index (χ2n) is 6.26. The zero-order valence-corrected chi connectivity index (χ0v) is 12.7. The molecule has 3 unspecified atom stereocenters. The van der Waals surface area contributed by atoms with Gasteiger partial charge in [0.15, 0.2) is 0 Å². The number of piperazine rings is 1. The standard InChI is InChI=1S/C15H26N2O3/c1-4-5-12-15(19)17(8-11-6-7-20-9-11)13(10(2)3)14(18)16-12/h10-13H,4-9H2,1-3H3,(H,16,18). The van der Waals surface area contributed by atoms with Crippen LogP contribution in [0.2, 0.25) is 0 Å². The predicted octanol–water partition coefficient (Wildman–Crippen LogP) is 1.17. The molecule has 0 aromatic heterocycles. The van der Waals surface area contributed by atoms with E-state index in [2.05, 4.69) is 5.32 Å². The molecule has 2 saturated heterocycles. The van der Waals surface area contributed by atoms with E-state index in [1.165, 1.54) is 0 Å². The summed E-state index contributed by atoms with van der Waals surface area (Å²) in [6, 6.07) is -0.680. The molecule has 2 amide bonds. The highest BCUT2D eigenvalue weighted by molar-refractivity contribution is 5.97. The average Bonchev–Trinajstić information content (AvgIpc) is 2.88. The molecule has 5 heteroatoms. The summed E-state index contributed by atoms with van der Waals surface area (Å²) in [6.07, 6.45) is 2.59. The van der Waals surface area contributed by atoms with Gasteiger partial charge in [-0.3, -0.25) is 9.59 Å². The fourth-order valence-electron chi connectivity index (χ4n) is 3.15. The number of hydrogen-bond donors (Lipinski definition) is 1. The van der Waals surface area contributed by atoms with Gasteiger partial charge in [0.2, 0.25) is 11.8 Å². The molecule has 0 aromatic rings. The van der Waals surface area contributed by atoms with Crippen LogP contribution in [-0.4, -0.2) is 48.6 Å². The van der Waals surface area contributed by atoms with Crippen LogP contribution in [0.4, 0.5) is 0 Å². The minimum atomic E-state index is -0.343. The van der Waals surface area contributed by atoms with Gasteiger partial charge in [0.25, 0.3) is 0 Å². The zero-order valence-electron chi connectivity index (χ0n) is 12.7. The summed E-state index contributed by atoms with van der Waals surface area (Å²) in [6.45, 7) is 8.14. The Balaban J connectivity index is 2.14. The third-order valence-electron chi connectivity index (χ3n) is 4.19. The molecule has 0 spiro atoms. The predicted molar refractivity (Wildman–Crippen MR) is 76.1 cm³/mol. The molecule has 1 N–H and O–H groups in total. The lowest BCUT2D eigenvalue weighted by atomic mass is 9.94. The maximum absolute atomic E-state index is 12.6. The van der Waals surface area contributed by atoms with Crippen LogP contribution in [0.15, 0.2) is 0 Å². The van der Waals surface area contributed by atoms with Crippen molar-refractivity contribution in [1.82, 2.24) is 10.2 Å².